The Morgan fingerprint density at radius 1 is 1.52 bits per heavy atom. The zero-order chi connectivity index (χ0) is 14.8. The molecule has 0 saturated heterocycles. The van der Waals surface area contributed by atoms with E-state index in [1.807, 2.05) is 10.7 Å². The molecule has 2 aromatic rings. The molecule has 1 aliphatic rings. The summed E-state index contributed by atoms with van der Waals surface area (Å²) in [4.78, 5) is 11.5. The molecule has 9 heteroatoms. The normalized spacial score (nSPS) is 14.2. The SMILES string of the molecule is NNC(=O)c1ccc(CSc2nnnn2C2CC2)c(Br)c1. The quantitative estimate of drug-likeness (QED) is 0.360. The van der Waals surface area contributed by atoms with Crippen LogP contribution in [-0.4, -0.2) is 26.1 Å². The van der Waals surface area contributed by atoms with E-state index >= 15 is 0 Å². The molecule has 1 fully saturated rings. The molecule has 3 rings (SSSR count). The molecule has 0 unspecified atom stereocenters. The zero-order valence-electron chi connectivity index (χ0n) is 11.0. The third-order valence-corrected chi connectivity index (χ3v) is 4.88. The molecule has 0 bridgehead atoms. The van der Waals surface area contributed by atoms with Crippen LogP contribution in [0.3, 0.4) is 0 Å². The maximum absolute atomic E-state index is 11.5. The van der Waals surface area contributed by atoms with Gasteiger partial charge in [-0.15, -0.1) is 5.10 Å². The Kier molecular flexibility index (Phi) is 4.22. The second kappa shape index (κ2) is 6.12. The molecule has 3 N–H and O–H groups in total. The molecule has 7 nitrogen and oxygen atoms in total. The van der Waals surface area contributed by atoms with Gasteiger partial charge in [0.1, 0.15) is 0 Å². The Balaban J connectivity index is 1.70. The number of halogens is 1. The largest absolute Gasteiger partial charge is 0.290 e. The highest BCUT2D eigenvalue weighted by atomic mass is 79.9. The lowest BCUT2D eigenvalue weighted by atomic mass is 10.1. The van der Waals surface area contributed by atoms with Crippen molar-refractivity contribution in [1.29, 1.82) is 0 Å². The minimum atomic E-state index is -0.312. The van der Waals surface area contributed by atoms with Crippen LogP contribution in [0.15, 0.2) is 27.8 Å². The minimum Gasteiger partial charge on any atom is -0.290 e. The standard InChI is InChI=1S/C12H13BrN6OS/c13-10-5-7(11(20)15-14)1-2-8(10)6-21-12-16-17-18-19(12)9-3-4-9/h1-2,5,9H,3-4,6,14H2,(H,15,20). The summed E-state index contributed by atoms with van der Waals surface area (Å²) in [6.45, 7) is 0. The van der Waals surface area contributed by atoms with Crippen LogP contribution in [0.2, 0.25) is 0 Å². The van der Waals surface area contributed by atoms with E-state index in [-0.39, 0.29) is 5.91 Å². The number of nitrogens with one attached hydrogen (secondary N) is 1. The summed E-state index contributed by atoms with van der Waals surface area (Å²) in [5.74, 6) is 5.53. The fourth-order valence-corrected chi connectivity index (χ4v) is 3.51. The predicted molar refractivity (Wildman–Crippen MR) is 81.4 cm³/mol. The van der Waals surface area contributed by atoms with Gasteiger partial charge in [-0.1, -0.05) is 33.8 Å². The van der Waals surface area contributed by atoms with Gasteiger partial charge in [-0.05, 0) is 41.0 Å². The van der Waals surface area contributed by atoms with Gasteiger partial charge < -0.3 is 0 Å². The summed E-state index contributed by atoms with van der Waals surface area (Å²) in [6.07, 6.45) is 2.29. The van der Waals surface area contributed by atoms with Crippen molar-refractivity contribution in [1.82, 2.24) is 25.6 Å². The Hall–Kier alpha value is -1.45. The molecule has 1 heterocycles. The molecule has 1 aromatic carbocycles. The Bertz CT molecular complexity index is 672. The van der Waals surface area contributed by atoms with E-state index in [0.717, 1.165) is 33.8 Å². The molecule has 0 spiro atoms. The number of hydrogen-bond acceptors (Lipinski definition) is 6. The monoisotopic (exact) mass is 368 g/mol. The first-order valence-electron chi connectivity index (χ1n) is 6.39. The van der Waals surface area contributed by atoms with Crippen molar-refractivity contribution in [2.75, 3.05) is 0 Å². The third-order valence-electron chi connectivity index (χ3n) is 3.16. The summed E-state index contributed by atoms with van der Waals surface area (Å²) in [7, 11) is 0. The van der Waals surface area contributed by atoms with Gasteiger partial charge in [0.2, 0.25) is 5.16 Å². The van der Waals surface area contributed by atoms with Gasteiger partial charge >= 0.3 is 0 Å². The van der Waals surface area contributed by atoms with E-state index in [0.29, 0.717) is 11.6 Å². The highest BCUT2D eigenvalue weighted by Gasteiger charge is 2.27. The second-order valence-corrected chi connectivity index (χ2v) is 6.50. The lowest BCUT2D eigenvalue weighted by molar-refractivity contribution is 0.0953. The van der Waals surface area contributed by atoms with Crippen LogP contribution in [-0.2, 0) is 5.75 Å². The van der Waals surface area contributed by atoms with E-state index < -0.39 is 0 Å². The van der Waals surface area contributed by atoms with Gasteiger partial charge in [-0.3, -0.25) is 10.2 Å². The minimum absolute atomic E-state index is 0.312. The molecule has 110 valence electrons. The van der Waals surface area contributed by atoms with Crippen molar-refractivity contribution in [2.45, 2.75) is 29.8 Å². The number of nitrogen functional groups attached to an aromatic ring is 1. The van der Waals surface area contributed by atoms with E-state index in [9.17, 15) is 4.79 Å². The number of carbonyl (C=O) groups excluding carboxylic acids is 1. The van der Waals surface area contributed by atoms with E-state index in [1.165, 1.54) is 0 Å². The number of hydrogen-bond donors (Lipinski definition) is 2. The van der Waals surface area contributed by atoms with Gasteiger partial charge in [0.15, 0.2) is 0 Å². The number of nitrogens with zero attached hydrogens (tertiary/aromatic N) is 4. The van der Waals surface area contributed by atoms with Crippen LogP contribution in [0, 0.1) is 0 Å². The number of aromatic nitrogens is 4. The first-order valence-corrected chi connectivity index (χ1v) is 8.17. The van der Waals surface area contributed by atoms with E-state index in [4.69, 9.17) is 5.84 Å². The third kappa shape index (κ3) is 3.25. The number of amides is 1. The number of thioether (sulfide) groups is 1. The van der Waals surface area contributed by atoms with Gasteiger partial charge in [0.25, 0.3) is 5.91 Å². The molecule has 1 amide bonds. The Labute approximate surface area is 133 Å². The fourth-order valence-electron chi connectivity index (χ4n) is 1.86. The van der Waals surface area contributed by atoms with Crippen LogP contribution >= 0.6 is 27.7 Å². The summed E-state index contributed by atoms with van der Waals surface area (Å²) < 4.78 is 2.75. The van der Waals surface area contributed by atoms with E-state index in [2.05, 4.69) is 36.9 Å². The average Bonchev–Trinajstić information content (AvgIpc) is 3.24. The smallest absolute Gasteiger partial charge is 0.265 e. The zero-order valence-corrected chi connectivity index (χ0v) is 13.4. The maximum Gasteiger partial charge on any atom is 0.265 e. The summed E-state index contributed by atoms with van der Waals surface area (Å²) in [5.41, 5.74) is 3.70. The van der Waals surface area contributed by atoms with Crippen LogP contribution in [0.25, 0.3) is 0 Å². The summed E-state index contributed by atoms with van der Waals surface area (Å²) in [5, 5.41) is 12.6. The van der Waals surface area contributed by atoms with Gasteiger partial charge in [0.05, 0.1) is 6.04 Å². The van der Waals surface area contributed by atoms with Crippen LogP contribution in [0.1, 0.15) is 34.8 Å². The number of rotatable bonds is 5. The number of tetrazole rings is 1. The number of carbonyl (C=O) groups is 1. The van der Waals surface area contributed by atoms with Gasteiger partial charge in [0, 0.05) is 15.8 Å². The average molecular weight is 369 g/mol. The molecule has 0 atom stereocenters. The summed E-state index contributed by atoms with van der Waals surface area (Å²) in [6, 6.07) is 5.85. The van der Waals surface area contributed by atoms with Gasteiger partial charge in [-0.2, -0.15) is 0 Å². The highest BCUT2D eigenvalue weighted by Crippen LogP contribution is 2.37. The topological polar surface area (TPSA) is 98.7 Å². The lowest BCUT2D eigenvalue weighted by Gasteiger charge is -2.07. The number of benzene rings is 1. The van der Waals surface area contributed by atoms with Crippen molar-refractivity contribution in [3.05, 3.63) is 33.8 Å². The van der Waals surface area contributed by atoms with Crippen LogP contribution in [0.4, 0.5) is 0 Å². The number of hydrazine groups is 1. The molecular formula is C12H13BrN6OS. The van der Waals surface area contributed by atoms with Crippen molar-refractivity contribution < 1.29 is 4.79 Å². The molecule has 21 heavy (non-hydrogen) atoms. The molecule has 0 radical (unpaired) electrons. The molecule has 1 aliphatic carbocycles. The van der Waals surface area contributed by atoms with Crippen molar-refractivity contribution in [3.63, 3.8) is 0 Å². The first-order chi connectivity index (χ1) is 10.2. The molecule has 1 saturated carbocycles. The Morgan fingerprint density at radius 3 is 3.00 bits per heavy atom. The second-order valence-electron chi connectivity index (χ2n) is 4.71. The lowest BCUT2D eigenvalue weighted by Crippen LogP contribution is -2.29. The summed E-state index contributed by atoms with van der Waals surface area (Å²) >= 11 is 5.06. The van der Waals surface area contributed by atoms with Crippen LogP contribution in [0.5, 0.6) is 0 Å². The number of nitrogens with two attached hydrogens (primary N) is 1. The molecule has 1 aromatic heterocycles. The first kappa shape index (κ1) is 14.5. The molecular weight excluding hydrogens is 356 g/mol. The fraction of sp³-hybridized carbons (Fsp3) is 0.333. The predicted octanol–water partition coefficient (Wildman–Crippen LogP) is 1.67. The van der Waals surface area contributed by atoms with E-state index in [1.54, 1.807) is 23.9 Å². The van der Waals surface area contributed by atoms with Crippen LogP contribution < -0.4 is 11.3 Å². The van der Waals surface area contributed by atoms with Crippen molar-refractivity contribution >= 4 is 33.6 Å². The highest BCUT2D eigenvalue weighted by molar-refractivity contribution is 9.10. The maximum atomic E-state index is 11.5. The van der Waals surface area contributed by atoms with Crippen molar-refractivity contribution in [2.24, 2.45) is 5.84 Å². The molecule has 0 aliphatic heterocycles. The van der Waals surface area contributed by atoms with Gasteiger partial charge in [-0.25, -0.2) is 10.5 Å². The Morgan fingerprint density at radius 2 is 2.33 bits per heavy atom. The van der Waals surface area contributed by atoms with Crippen molar-refractivity contribution in [3.8, 4) is 0 Å².